The standard InChI is InChI=1S/C9H11N3O/c1-5-6(2)11-9(8(5)4-10)12-7(3)13/h11H,1-3H3,(H,12,13). The third-order valence-corrected chi connectivity index (χ3v) is 1.91. The number of carbonyl (C=O) groups excluding carboxylic acids is 1. The molecule has 0 saturated heterocycles. The van der Waals surface area contributed by atoms with E-state index in [0.29, 0.717) is 11.4 Å². The summed E-state index contributed by atoms with van der Waals surface area (Å²) in [6.45, 7) is 5.11. The molecule has 0 spiro atoms. The van der Waals surface area contributed by atoms with Crippen LogP contribution in [0.1, 0.15) is 23.7 Å². The Bertz CT molecular complexity index is 384. The van der Waals surface area contributed by atoms with E-state index in [9.17, 15) is 4.79 Å². The molecule has 4 heteroatoms. The van der Waals surface area contributed by atoms with Crippen LogP contribution in [0.4, 0.5) is 5.82 Å². The Kier molecular flexibility index (Phi) is 2.38. The number of rotatable bonds is 1. The van der Waals surface area contributed by atoms with E-state index >= 15 is 0 Å². The largest absolute Gasteiger partial charge is 0.344 e. The zero-order valence-corrected chi connectivity index (χ0v) is 7.86. The number of nitrogens with zero attached hydrogens (tertiary/aromatic N) is 1. The summed E-state index contributed by atoms with van der Waals surface area (Å²) in [4.78, 5) is 13.7. The lowest BCUT2D eigenvalue weighted by Gasteiger charge is -1.97. The fourth-order valence-corrected chi connectivity index (χ4v) is 1.13. The number of H-pyrrole nitrogens is 1. The Balaban J connectivity index is 3.15. The summed E-state index contributed by atoms with van der Waals surface area (Å²) in [5.41, 5.74) is 2.29. The van der Waals surface area contributed by atoms with Crippen LogP contribution in [0.5, 0.6) is 0 Å². The first-order valence-electron chi connectivity index (χ1n) is 3.93. The first-order chi connectivity index (χ1) is 6.06. The molecule has 0 aliphatic rings. The van der Waals surface area contributed by atoms with Crippen molar-refractivity contribution in [3.8, 4) is 6.07 Å². The van der Waals surface area contributed by atoms with Gasteiger partial charge < -0.3 is 10.3 Å². The molecule has 0 unspecified atom stereocenters. The summed E-state index contributed by atoms with van der Waals surface area (Å²) < 4.78 is 0. The summed E-state index contributed by atoms with van der Waals surface area (Å²) in [5, 5.41) is 11.4. The molecular weight excluding hydrogens is 166 g/mol. The SMILES string of the molecule is CC(=O)Nc1[nH]c(C)c(C)c1C#N. The van der Waals surface area contributed by atoms with Crippen LogP contribution in [0.25, 0.3) is 0 Å². The topological polar surface area (TPSA) is 68.7 Å². The third-order valence-electron chi connectivity index (χ3n) is 1.91. The molecule has 0 fully saturated rings. The molecule has 1 rings (SSSR count). The Morgan fingerprint density at radius 2 is 2.15 bits per heavy atom. The molecule has 0 aliphatic heterocycles. The highest BCUT2D eigenvalue weighted by atomic mass is 16.1. The maximum absolute atomic E-state index is 10.8. The summed E-state index contributed by atoms with van der Waals surface area (Å²) in [7, 11) is 0. The van der Waals surface area contributed by atoms with Gasteiger partial charge in [0.2, 0.25) is 5.91 Å². The van der Waals surface area contributed by atoms with Crippen molar-refractivity contribution in [1.29, 1.82) is 5.26 Å². The van der Waals surface area contributed by atoms with Gasteiger partial charge in [-0.15, -0.1) is 0 Å². The molecule has 4 nitrogen and oxygen atoms in total. The second-order valence-electron chi connectivity index (χ2n) is 2.92. The lowest BCUT2D eigenvalue weighted by molar-refractivity contribution is -0.114. The number of amides is 1. The molecule has 0 saturated carbocycles. The number of aromatic amines is 1. The normalized spacial score (nSPS) is 9.38. The quantitative estimate of drug-likeness (QED) is 0.681. The maximum Gasteiger partial charge on any atom is 0.222 e. The molecule has 1 amide bonds. The average molecular weight is 177 g/mol. The van der Waals surface area contributed by atoms with E-state index in [1.807, 2.05) is 19.9 Å². The first-order valence-corrected chi connectivity index (χ1v) is 3.93. The molecule has 1 aromatic rings. The van der Waals surface area contributed by atoms with Gasteiger partial charge in [0, 0.05) is 12.6 Å². The molecule has 1 aromatic heterocycles. The molecule has 68 valence electrons. The van der Waals surface area contributed by atoms with Gasteiger partial charge in [0.25, 0.3) is 0 Å². The molecule has 0 aliphatic carbocycles. The van der Waals surface area contributed by atoms with Crippen molar-refractivity contribution < 1.29 is 4.79 Å². The highest BCUT2D eigenvalue weighted by Crippen LogP contribution is 2.20. The minimum Gasteiger partial charge on any atom is -0.344 e. The van der Waals surface area contributed by atoms with Gasteiger partial charge in [0.05, 0.1) is 5.56 Å². The van der Waals surface area contributed by atoms with Crippen molar-refractivity contribution in [2.75, 3.05) is 5.32 Å². The van der Waals surface area contributed by atoms with Gasteiger partial charge in [0.1, 0.15) is 11.9 Å². The van der Waals surface area contributed by atoms with Crippen LogP contribution >= 0.6 is 0 Å². The van der Waals surface area contributed by atoms with Gasteiger partial charge in [-0.1, -0.05) is 0 Å². The van der Waals surface area contributed by atoms with E-state index < -0.39 is 0 Å². The molecular formula is C9H11N3O. The fraction of sp³-hybridized carbons (Fsp3) is 0.333. The minimum absolute atomic E-state index is 0.183. The lowest BCUT2D eigenvalue weighted by Crippen LogP contribution is -2.07. The average Bonchev–Trinajstić information content (AvgIpc) is 2.27. The van der Waals surface area contributed by atoms with Crippen LogP contribution in [0, 0.1) is 25.2 Å². The summed E-state index contributed by atoms with van der Waals surface area (Å²) in [6, 6.07) is 2.04. The Labute approximate surface area is 76.6 Å². The smallest absolute Gasteiger partial charge is 0.222 e. The summed E-state index contributed by atoms with van der Waals surface area (Å²) in [5.74, 6) is 0.308. The monoisotopic (exact) mass is 177 g/mol. The third kappa shape index (κ3) is 1.70. The molecule has 0 bridgehead atoms. The van der Waals surface area contributed by atoms with Crippen LogP contribution in [0.2, 0.25) is 0 Å². The van der Waals surface area contributed by atoms with E-state index in [1.165, 1.54) is 6.92 Å². The molecule has 2 N–H and O–H groups in total. The highest BCUT2D eigenvalue weighted by molar-refractivity contribution is 5.89. The number of carbonyl (C=O) groups is 1. The van der Waals surface area contributed by atoms with Gasteiger partial charge in [0.15, 0.2) is 0 Å². The van der Waals surface area contributed by atoms with Gasteiger partial charge in [-0.25, -0.2) is 0 Å². The molecule has 13 heavy (non-hydrogen) atoms. The second kappa shape index (κ2) is 3.31. The molecule has 0 radical (unpaired) electrons. The number of hydrogen-bond donors (Lipinski definition) is 2. The number of aromatic nitrogens is 1. The molecule has 0 aromatic carbocycles. The Morgan fingerprint density at radius 1 is 1.54 bits per heavy atom. The van der Waals surface area contributed by atoms with Crippen molar-refractivity contribution in [3.63, 3.8) is 0 Å². The van der Waals surface area contributed by atoms with E-state index in [0.717, 1.165) is 11.3 Å². The van der Waals surface area contributed by atoms with Crippen LogP contribution in [-0.4, -0.2) is 10.9 Å². The summed E-state index contributed by atoms with van der Waals surface area (Å²) >= 11 is 0. The zero-order valence-electron chi connectivity index (χ0n) is 7.86. The van der Waals surface area contributed by atoms with Crippen LogP contribution in [-0.2, 0) is 4.79 Å². The van der Waals surface area contributed by atoms with Crippen LogP contribution < -0.4 is 5.32 Å². The lowest BCUT2D eigenvalue weighted by atomic mass is 10.2. The van der Waals surface area contributed by atoms with Crippen molar-refractivity contribution in [1.82, 2.24) is 4.98 Å². The van der Waals surface area contributed by atoms with Gasteiger partial charge in [-0.05, 0) is 19.4 Å². The van der Waals surface area contributed by atoms with Crippen molar-refractivity contribution >= 4 is 11.7 Å². The molecule has 1 heterocycles. The van der Waals surface area contributed by atoms with Crippen molar-refractivity contribution in [3.05, 3.63) is 16.8 Å². The zero-order chi connectivity index (χ0) is 10.0. The van der Waals surface area contributed by atoms with Crippen LogP contribution in [0.3, 0.4) is 0 Å². The van der Waals surface area contributed by atoms with Gasteiger partial charge >= 0.3 is 0 Å². The number of hydrogen-bond acceptors (Lipinski definition) is 2. The Hall–Kier alpha value is -1.76. The first kappa shape index (κ1) is 9.33. The van der Waals surface area contributed by atoms with Crippen molar-refractivity contribution in [2.24, 2.45) is 0 Å². The molecule has 0 atom stereocenters. The predicted molar refractivity (Wildman–Crippen MR) is 49.3 cm³/mol. The van der Waals surface area contributed by atoms with Crippen LogP contribution in [0.15, 0.2) is 0 Å². The second-order valence-corrected chi connectivity index (χ2v) is 2.92. The highest BCUT2D eigenvalue weighted by Gasteiger charge is 2.11. The predicted octanol–water partition coefficient (Wildman–Crippen LogP) is 1.46. The van der Waals surface area contributed by atoms with Gasteiger partial charge in [-0.2, -0.15) is 5.26 Å². The van der Waals surface area contributed by atoms with E-state index in [-0.39, 0.29) is 5.91 Å². The number of anilines is 1. The fourth-order valence-electron chi connectivity index (χ4n) is 1.13. The van der Waals surface area contributed by atoms with E-state index in [1.54, 1.807) is 0 Å². The van der Waals surface area contributed by atoms with Gasteiger partial charge in [-0.3, -0.25) is 4.79 Å². The maximum atomic E-state index is 10.8. The summed E-state index contributed by atoms with van der Waals surface area (Å²) in [6.07, 6.45) is 0. The number of nitriles is 1. The van der Waals surface area contributed by atoms with E-state index in [4.69, 9.17) is 5.26 Å². The minimum atomic E-state index is -0.183. The number of nitrogens with one attached hydrogen (secondary N) is 2. The Morgan fingerprint density at radius 3 is 2.62 bits per heavy atom. The number of aryl methyl sites for hydroxylation is 1. The van der Waals surface area contributed by atoms with E-state index in [2.05, 4.69) is 10.3 Å². The van der Waals surface area contributed by atoms with Crippen molar-refractivity contribution in [2.45, 2.75) is 20.8 Å².